The molecule has 0 saturated carbocycles. The van der Waals surface area contributed by atoms with E-state index in [-0.39, 0.29) is 77.0 Å². The Bertz CT molecular complexity index is 413. The van der Waals surface area contributed by atoms with E-state index in [4.69, 9.17) is 15.0 Å². The van der Waals surface area contributed by atoms with E-state index >= 15 is 0 Å². The van der Waals surface area contributed by atoms with Crippen molar-refractivity contribution in [3.63, 3.8) is 0 Å². The number of rotatable bonds is 6. The summed E-state index contributed by atoms with van der Waals surface area (Å²) in [5.74, 6) is 0.0791. The molecule has 0 aliphatic rings. The second-order valence-electron chi connectivity index (χ2n) is 4.85. The van der Waals surface area contributed by atoms with Gasteiger partial charge in [0.1, 0.15) is 6.73 Å². The number of nitrogen functional groups attached to an aromatic ring is 1. The van der Waals surface area contributed by atoms with Crippen molar-refractivity contribution in [3.05, 3.63) is 0 Å². The number of nitrogens with zero attached hydrogens (tertiary/aromatic N) is 3. The molecule has 0 spiro atoms. The van der Waals surface area contributed by atoms with Gasteiger partial charge in [-0.2, -0.15) is 4.98 Å². The molecule has 1 heterocycles. The zero-order valence-corrected chi connectivity index (χ0v) is 12.0. The van der Waals surface area contributed by atoms with Gasteiger partial charge in [0.05, 0.1) is 0 Å². The van der Waals surface area contributed by atoms with Gasteiger partial charge in [-0.3, -0.25) is 4.55 Å². The van der Waals surface area contributed by atoms with Gasteiger partial charge >= 0.3 is 59.1 Å². The van der Waals surface area contributed by atoms with Gasteiger partial charge in [0.25, 0.3) is 5.16 Å². The van der Waals surface area contributed by atoms with Gasteiger partial charge in [0.15, 0.2) is 0 Å². The van der Waals surface area contributed by atoms with Crippen molar-refractivity contribution in [2.45, 2.75) is 37.6 Å². The van der Waals surface area contributed by atoms with Crippen LogP contribution in [0.3, 0.4) is 0 Å². The molecule has 1 atom stereocenters. The third-order valence-corrected chi connectivity index (χ3v) is 4.24. The molecule has 0 bridgehead atoms. The first-order valence-electron chi connectivity index (χ1n) is 5.18. The Morgan fingerprint density at radius 1 is 1.42 bits per heavy atom. The minimum atomic E-state index is -2.21. The van der Waals surface area contributed by atoms with E-state index in [9.17, 15) is 4.21 Å². The second kappa shape index (κ2) is 10.0. The molecule has 0 saturated heterocycles. The number of ether oxygens (including phenoxy) is 1. The topological polar surface area (TPSA) is 103 Å². The molecule has 0 fully saturated rings. The molecule has 1 rings (SSSR count). The van der Waals surface area contributed by atoms with Crippen LogP contribution in [-0.4, -0.2) is 97.3 Å². The summed E-state index contributed by atoms with van der Waals surface area (Å²) in [4.78, 5) is 3.65. The summed E-state index contributed by atoms with van der Waals surface area (Å²) in [6, 6.07) is 1.04. The number of hydrogen-bond acceptors (Lipinski definition) is 5. The molecule has 0 aliphatic heterocycles. The van der Waals surface area contributed by atoms with E-state index in [1.54, 1.807) is 0 Å². The Labute approximate surface area is 160 Å². The molecule has 19 heavy (non-hydrogen) atoms. The molecule has 0 aliphatic carbocycles. The summed E-state index contributed by atoms with van der Waals surface area (Å²) in [5.41, 5.74) is 5.52. The number of hydrogen-bond donors (Lipinski definition) is 2. The van der Waals surface area contributed by atoms with Crippen LogP contribution in [0.15, 0.2) is 5.16 Å². The number of nitrogens with two attached hydrogens (primary N) is 1. The molecule has 3 N–H and O–H groups in total. The fourth-order valence-electron chi connectivity index (χ4n) is 1.03. The van der Waals surface area contributed by atoms with Crippen molar-refractivity contribution in [3.8, 4) is 0 Å². The fourth-order valence-corrected chi connectivity index (χ4v) is 2.13. The average Bonchev–Trinajstić information content (AvgIpc) is 2.54. The van der Waals surface area contributed by atoms with Crippen LogP contribution in [-0.2, 0) is 22.5 Å². The quantitative estimate of drug-likeness (QED) is 0.413. The Kier molecular flexibility index (Phi) is 11.9. The number of anilines is 1. The van der Waals surface area contributed by atoms with E-state index in [0.29, 0.717) is 6.61 Å². The molecule has 1 aromatic rings. The standard InChI is InChI=1S/C8H18N4O3SSi.2Na.2H/c1-17(2,3)5-4-15-6-12-7(9)10-8(11-12)16(13)14;;;;/h4-6H2,1-3H3,(H,13,14)(H2,9,10,11);;;;. The Hall–Kier alpha value is 1.23. The van der Waals surface area contributed by atoms with Crippen molar-refractivity contribution in [2.75, 3.05) is 12.3 Å². The summed E-state index contributed by atoms with van der Waals surface area (Å²) < 4.78 is 26.2. The third-order valence-electron chi connectivity index (χ3n) is 2.05. The van der Waals surface area contributed by atoms with Gasteiger partial charge < -0.3 is 10.5 Å². The first-order valence-corrected chi connectivity index (χ1v) is 10.00. The van der Waals surface area contributed by atoms with Crippen LogP contribution in [0.5, 0.6) is 0 Å². The van der Waals surface area contributed by atoms with Crippen LogP contribution in [0.4, 0.5) is 5.95 Å². The second-order valence-corrected chi connectivity index (χ2v) is 11.3. The van der Waals surface area contributed by atoms with Crippen LogP contribution < -0.4 is 5.73 Å². The summed E-state index contributed by atoms with van der Waals surface area (Å²) in [7, 11) is -1.11. The molecule has 7 nitrogen and oxygen atoms in total. The van der Waals surface area contributed by atoms with E-state index in [1.165, 1.54) is 4.68 Å². The van der Waals surface area contributed by atoms with Crippen molar-refractivity contribution >= 4 is 84.2 Å². The van der Waals surface area contributed by atoms with Crippen LogP contribution in [0, 0.1) is 0 Å². The molecule has 0 aromatic carbocycles. The Morgan fingerprint density at radius 2 is 2.00 bits per heavy atom. The molecule has 1 unspecified atom stereocenters. The van der Waals surface area contributed by atoms with Gasteiger partial charge in [-0.1, -0.05) is 19.6 Å². The van der Waals surface area contributed by atoms with E-state index < -0.39 is 19.2 Å². The normalized spacial score (nSPS) is 12.4. The molecule has 0 amide bonds. The van der Waals surface area contributed by atoms with E-state index in [2.05, 4.69) is 29.7 Å². The molecule has 0 radical (unpaired) electrons. The maximum atomic E-state index is 10.7. The summed E-state index contributed by atoms with van der Waals surface area (Å²) in [6.45, 7) is 7.56. The van der Waals surface area contributed by atoms with Crippen molar-refractivity contribution in [2.24, 2.45) is 0 Å². The van der Waals surface area contributed by atoms with E-state index in [0.717, 1.165) is 6.04 Å². The van der Waals surface area contributed by atoms with Crippen LogP contribution in [0.25, 0.3) is 0 Å². The monoisotopic (exact) mass is 326 g/mol. The average molecular weight is 326 g/mol. The summed E-state index contributed by atoms with van der Waals surface area (Å²) in [5, 5.41) is 3.56. The molecule has 11 heteroatoms. The SMILES string of the molecule is C[Si](C)(C)CCOCn1nc(S(=O)O)nc1N.[NaH].[NaH]. The zero-order chi connectivity index (χ0) is 13.1. The molecular weight excluding hydrogens is 306 g/mol. The van der Waals surface area contributed by atoms with Gasteiger partial charge in [0.2, 0.25) is 17.0 Å². The van der Waals surface area contributed by atoms with Gasteiger partial charge in [0, 0.05) is 14.7 Å². The first kappa shape index (κ1) is 22.5. The van der Waals surface area contributed by atoms with Crippen molar-refractivity contribution in [1.82, 2.24) is 14.8 Å². The van der Waals surface area contributed by atoms with Gasteiger partial charge in [-0.05, 0) is 6.04 Å². The fraction of sp³-hybridized carbons (Fsp3) is 0.750. The van der Waals surface area contributed by atoms with E-state index in [1.807, 2.05) is 0 Å². The van der Waals surface area contributed by atoms with Crippen LogP contribution >= 0.6 is 0 Å². The molecule has 1 aromatic heterocycles. The Morgan fingerprint density at radius 3 is 2.42 bits per heavy atom. The third kappa shape index (κ3) is 8.97. The Balaban J connectivity index is 0. The van der Waals surface area contributed by atoms with Crippen molar-refractivity contribution in [1.29, 1.82) is 0 Å². The molecule has 102 valence electrons. The maximum absolute atomic E-state index is 10.7. The predicted molar refractivity (Wildman–Crippen MR) is 81.9 cm³/mol. The van der Waals surface area contributed by atoms with Crippen LogP contribution in [0.1, 0.15) is 0 Å². The first-order chi connectivity index (χ1) is 7.79. The van der Waals surface area contributed by atoms with Crippen LogP contribution in [0.2, 0.25) is 25.7 Å². The summed E-state index contributed by atoms with van der Waals surface area (Å²) in [6.07, 6.45) is 0. The van der Waals surface area contributed by atoms with Gasteiger partial charge in [-0.25, -0.2) is 8.89 Å². The van der Waals surface area contributed by atoms with Gasteiger partial charge in [-0.15, -0.1) is 5.10 Å². The predicted octanol–water partition coefficient (Wildman–Crippen LogP) is -0.544. The zero-order valence-electron chi connectivity index (χ0n) is 10.2. The number of aromatic nitrogens is 3. The minimum absolute atomic E-state index is 0. The molecular formula is C8H20N4Na2O3SSi. The van der Waals surface area contributed by atoms with Crippen molar-refractivity contribution < 1.29 is 13.5 Å². The summed E-state index contributed by atoms with van der Waals surface area (Å²) >= 11 is -2.21.